The smallest absolute Gasteiger partial charge is 0.0456 e. The average Bonchev–Trinajstić information content (AvgIpc) is 2.97. The Labute approximate surface area is 135 Å². The molecule has 21 heavy (non-hydrogen) atoms. The second kappa shape index (κ2) is 8.19. The number of halogens is 1. The minimum atomic E-state index is 0.414. The van der Waals surface area contributed by atoms with Gasteiger partial charge in [-0.25, -0.2) is 0 Å². The molecule has 1 N–H and O–H groups in total. The predicted octanol–water partition coefficient (Wildman–Crippen LogP) is 5.97. The number of hydrogen-bond donors (Lipinski definition) is 1. The van der Waals surface area contributed by atoms with Gasteiger partial charge >= 0.3 is 0 Å². The zero-order valence-electron chi connectivity index (χ0n) is 13.8. The number of rotatable bonds is 7. The largest absolute Gasteiger partial charge is 0.310 e. The maximum atomic E-state index is 6.53. The highest BCUT2D eigenvalue weighted by Gasteiger charge is 2.20. The van der Waals surface area contributed by atoms with Crippen LogP contribution in [0.4, 0.5) is 0 Å². The van der Waals surface area contributed by atoms with Crippen molar-refractivity contribution in [3.05, 3.63) is 33.8 Å². The summed E-state index contributed by atoms with van der Waals surface area (Å²) in [5, 5.41) is 4.64. The van der Waals surface area contributed by atoms with Crippen molar-refractivity contribution >= 4 is 11.6 Å². The van der Waals surface area contributed by atoms with E-state index in [1.54, 1.807) is 0 Å². The molecule has 0 radical (unpaired) electrons. The topological polar surface area (TPSA) is 12.0 Å². The van der Waals surface area contributed by atoms with Crippen molar-refractivity contribution in [3.8, 4) is 0 Å². The van der Waals surface area contributed by atoms with Gasteiger partial charge in [-0.3, -0.25) is 0 Å². The van der Waals surface area contributed by atoms with E-state index in [1.807, 2.05) is 0 Å². The fraction of sp³-hybridized carbons (Fsp3) is 0.684. The number of aryl methyl sites for hydroxylation is 2. The first-order chi connectivity index (χ1) is 10.1. The molecule has 0 spiro atoms. The third-order valence-electron chi connectivity index (χ3n) is 4.97. The molecule has 1 aliphatic carbocycles. The Morgan fingerprint density at radius 2 is 1.86 bits per heavy atom. The quantitative estimate of drug-likeness (QED) is 0.654. The molecule has 0 aromatic heterocycles. The standard InChI is InChI=1S/C19H30ClN/c1-4-11-21-19(10-9-16-7-5-6-8-16)17-12-14(2)15(3)13-18(17)20/h12-13,16,19,21H,4-11H2,1-3H3. The molecular formula is C19H30ClN. The molecule has 0 bridgehead atoms. The van der Waals surface area contributed by atoms with Crippen LogP contribution in [0.25, 0.3) is 0 Å². The molecule has 1 atom stereocenters. The van der Waals surface area contributed by atoms with Gasteiger partial charge in [-0.15, -0.1) is 0 Å². The monoisotopic (exact) mass is 307 g/mol. The lowest BCUT2D eigenvalue weighted by Crippen LogP contribution is -2.23. The molecule has 1 aromatic rings. The third kappa shape index (κ3) is 4.72. The molecule has 118 valence electrons. The minimum absolute atomic E-state index is 0.414. The molecule has 0 amide bonds. The van der Waals surface area contributed by atoms with Crippen LogP contribution in [0.2, 0.25) is 5.02 Å². The Balaban J connectivity index is 2.08. The first-order valence-electron chi connectivity index (χ1n) is 8.61. The van der Waals surface area contributed by atoms with E-state index in [-0.39, 0.29) is 0 Å². The Morgan fingerprint density at radius 3 is 2.52 bits per heavy atom. The van der Waals surface area contributed by atoms with Crippen LogP contribution in [0.15, 0.2) is 12.1 Å². The fourth-order valence-corrected chi connectivity index (χ4v) is 3.81. The van der Waals surface area contributed by atoms with E-state index in [0.29, 0.717) is 6.04 Å². The summed E-state index contributed by atoms with van der Waals surface area (Å²) in [6.45, 7) is 7.61. The maximum Gasteiger partial charge on any atom is 0.0456 e. The molecule has 1 fully saturated rings. The highest BCUT2D eigenvalue weighted by molar-refractivity contribution is 6.31. The third-order valence-corrected chi connectivity index (χ3v) is 5.29. The Hall–Kier alpha value is -0.530. The molecule has 2 rings (SSSR count). The van der Waals surface area contributed by atoms with Crippen LogP contribution in [0, 0.1) is 19.8 Å². The molecule has 1 aromatic carbocycles. The predicted molar refractivity (Wildman–Crippen MR) is 93.2 cm³/mol. The van der Waals surface area contributed by atoms with Crippen molar-refractivity contribution in [2.45, 2.75) is 71.8 Å². The highest BCUT2D eigenvalue weighted by atomic mass is 35.5. The van der Waals surface area contributed by atoms with Crippen LogP contribution in [0.3, 0.4) is 0 Å². The van der Waals surface area contributed by atoms with Crippen molar-refractivity contribution in [2.75, 3.05) is 6.54 Å². The van der Waals surface area contributed by atoms with Gasteiger partial charge in [0.2, 0.25) is 0 Å². The Morgan fingerprint density at radius 1 is 1.19 bits per heavy atom. The van der Waals surface area contributed by atoms with Gasteiger partial charge in [-0.1, -0.05) is 50.3 Å². The number of hydrogen-bond acceptors (Lipinski definition) is 1. The fourth-order valence-electron chi connectivity index (χ4n) is 3.46. The molecule has 0 aliphatic heterocycles. The first-order valence-corrected chi connectivity index (χ1v) is 8.99. The normalized spacial score (nSPS) is 17.3. The van der Waals surface area contributed by atoms with Crippen molar-refractivity contribution in [3.63, 3.8) is 0 Å². The summed E-state index contributed by atoms with van der Waals surface area (Å²) in [7, 11) is 0. The second-order valence-corrected chi connectivity index (χ2v) is 7.10. The summed E-state index contributed by atoms with van der Waals surface area (Å²) >= 11 is 6.53. The van der Waals surface area contributed by atoms with Gasteiger partial charge in [0.25, 0.3) is 0 Å². The van der Waals surface area contributed by atoms with E-state index in [4.69, 9.17) is 11.6 Å². The maximum absolute atomic E-state index is 6.53. The van der Waals surface area contributed by atoms with Crippen LogP contribution >= 0.6 is 11.6 Å². The summed E-state index contributed by atoms with van der Waals surface area (Å²) in [4.78, 5) is 0. The van der Waals surface area contributed by atoms with Gasteiger partial charge in [0.15, 0.2) is 0 Å². The van der Waals surface area contributed by atoms with E-state index >= 15 is 0 Å². The Kier molecular flexibility index (Phi) is 6.57. The molecular weight excluding hydrogens is 278 g/mol. The summed E-state index contributed by atoms with van der Waals surface area (Å²) < 4.78 is 0. The van der Waals surface area contributed by atoms with E-state index in [2.05, 4.69) is 38.2 Å². The molecule has 1 nitrogen and oxygen atoms in total. The van der Waals surface area contributed by atoms with Crippen LogP contribution in [0.1, 0.15) is 74.6 Å². The van der Waals surface area contributed by atoms with Gasteiger partial charge in [-0.2, -0.15) is 0 Å². The number of nitrogens with one attached hydrogen (secondary N) is 1. The highest BCUT2D eigenvalue weighted by Crippen LogP contribution is 2.34. The number of benzene rings is 1. The van der Waals surface area contributed by atoms with Crippen LogP contribution in [-0.2, 0) is 0 Å². The van der Waals surface area contributed by atoms with Gasteiger partial charge in [0.1, 0.15) is 0 Å². The molecule has 0 heterocycles. The zero-order valence-corrected chi connectivity index (χ0v) is 14.6. The van der Waals surface area contributed by atoms with Gasteiger partial charge in [0, 0.05) is 11.1 Å². The van der Waals surface area contributed by atoms with Crippen LogP contribution < -0.4 is 5.32 Å². The lowest BCUT2D eigenvalue weighted by molar-refractivity contribution is 0.412. The summed E-state index contributed by atoms with van der Waals surface area (Å²) in [5.41, 5.74) is 3.93. The molecule has 0 saturated heterocycles. The van der Waals surface area contributed by atoms with Crippen molar-refractivity contribution < 1.29 is 0 Å². The second-order valence-electron chi connectivity index (χ2n) is 6.69. The van der Waals surface area contributed by atoms with Gasteiger partial charge in [0.05, 0.1) is 0 Å². The summed E-state index contributed by atoms with van der Waals surface area (Å²) in [5.74, 6) is 0.946. The van der Waals surface area contributed by atoms with E-state index in [1.165, 1.54) is 61.6 Å². The summed E-state index contributed by atoms with van der Waals surface area (Å²) in [6, 6.07) is 4.83. The minimum Gasteiger partial charge on any atom is -0.310 e. The Bertz CT molecular complexity index is 449. The van der Waals surface area contributed by atoms with Crippen molar-refractivity contribution in [1.82, 2.24) is 5.32 Å². The molecule has 1 aliphatic rings. The SMILES string of the molecule is CCCNC(CCC1CCCC1)c1cc(C)c(C)cc1Cl. The average molecular weight is 308 g/mol. The van der Waals surface area contributed by atoms with Crippen LogP contribution in [0.5, 0.6) is 0 Å². The lowest BCUT2D eigenvalue weighted by atomic mass is 9.93. The van der Waals surface area contributed by atoms with Crippen molar-refractivity contribution in [1.29, 1.82) is 0 Å². The molecule has 1 saturated carbocycles. The van der Waals surface area contributed by atoms with E-state index in [9.17, 15) is 0 Å². The first kappa shape index (κ1) is 16.8. The van der Waals surface area contributed by atoms with E-state index in [0.717, 1.165) is 17.5 Å². The van der Waals surface area contributed by atoms with Crippen molar-refractivity contribution in [2.24, 2.45) is 5.92 Å². The summed E-state index contributed by atoms with van der Waals surface area (Å²) in [6.07, 6.45) is 9.45. The van der Waals surface area contributed by atoms with Crippen LogP contribution in [-0.4, -0.2) is 6.54 Å². The van der Waals surface area contributed by atoms with Gasteiger partial charge < -0.3 is 5.32 Å². The molecule has 2 heteroatoms. The molecule has 1 unspecified atom stereocenters. The van der Waals surface area contributed by atoms with Gasteiger partial charge in [-0.05, 0) is 68.3 Å². The zero-order chi connectivity index (χ0) is 15.2. The van der Waals surface area contributed by atoms with E-state index < -0.39 is 0 Å². The lowest BCUT2D eigenvalue weighted by Gasteiger charge is -2.23.